The topological polar surface area (TPSA) is 79.4 Å². The highest BCUT2D eigenvalue weighted by Gasteiger charge is 2.05. The molecule has 0 radical (unpaired) electrons. The van der Waals surface area contributed by atoms with E-state index in [1.807, 2.05) is 30.3 Å². The second-order valence-corrected chi connectivity index (χ2v) is 3.91. The Morgan fingerprint density at radius 2 is 2.05 bits per heavy atom. The molecule has 2 rings (SSSR count). The Balaban J connectivity index is 1.64. The van der Waals surface area contributed by atoms with Gasteiger partial charge in [-0.15, -0.1) is 0 Å². The van der Waals surface area contributed by atoms with Crippen LogP contribution < -0.4 is 5.73 Å². The molecule has 0 aliphatic rings. The second kappa shape index (κ2) is 6.55. The maximum atomic E-state index is 11.4. The molecule has 0 bridgehead atoms. The molecule has 0 unspecified atom stereocenters. The predicted octanol–water partition coefficient (Wildman–Crippen LogP) is 1.18. The largest absolute Gasteiger partial charge is 0.437 e. The van der Waals surface area contributed by atoms with Gasteiger partial charge in [-0.2, -0.15) is 5.10 Å². The molecule has 0 amide bonds. The number of benzene rings is 1. The Bertz CT molecular complexity index is 525. The lowest BCUT2D eigenvalue weighted by Gasteiger charge is -2.06. The molecule has 1 aromatic carbocycles. The number of carbonyl (C=O) groups is 1. The van der Waals surface area contributed by atoms with Gasteiger partial charge in [0.05, 0.1) is 6.61 Å². The third-order valence-electron chi connectivity index (χ3n) is 2.37. The maximum Gasteiger partial charge on any atom is 0.329 e. The van der Waals surface area contributed by atoms with Crippen molar-refractivity contribution < 1.29 is 14.3 Å². The van der Waals surface area contributed by atoms with Crippen LogP contribution in [0.25, 0.3) is 0 Å². The zero-order valence-corrected chi connectivity index (χ0v) is 10.4. The molecule has 0 saturated heterocycles. The summed E-state index contributed by atoms with van der Waals surface area (Å²) in [7, 11) is 0. The molecule has 2 N–H and O–H groups in total. The second-order valence-electron chi connectivity index (χ2n) is 3.91. The average Bonchev–Trinajstić information content (AvgIpc) is 2.81. The van der Waals surface area contributed by atoms with Crippen molar-refractivity contribution in [3.05, 3.63) is 48.2 Å². The van der Waals surface area contributed by atoms with Crippen molar-refractivity contribution in [3.8, 4) is 0 Å². The molecule has 0 spiro atoms. The van der Waals surface area contributed by atoms with E-state index in [2.05, 4.69) is 5.10 Å². The minimum Gasteiger partial charge on any atom is -0.437 e. The number of rotatable bonds is 6. The van der Waals surface area contributed by atoms with E-state index in [9.17, 15) is 4.79 Å². The van der Waals surface area contributed by atoms with Gasteiger partial charge in [0.15, 0.2) is 6.79 Å². The van der Waals surface area contributed by atoms with E-state index in [-0.39, 0.29) is 13.3 Å². The minimum absolute atomic E-state index is 0.0197. The van der Waals surface area contributed by atoms with Gasteiger partial charge in [-0.05, 0) is 11.6 Å². The quantitative estimate of drug-likeness (QED) is 0.480. The van der Waals surface area contributed by atoms with Crippen LogP contribution >= 0.6 is 0 Å². The van der Waals surface area contributed by atoms with Crippen LogP contribution in [-0.4, -0.2) is 22.5 Å². The summed E-state index contributed by atoms with van der Waals surface area (Å²) in [6.07, 6.45) is 1.61. The lowest BCUT2D eigenvalue weighted by molar-refractivity contribution is -0.158. The summed E-state index contributed by atoms with van der Waals surface area (Å²) in [6, 6.07) is 11.3. The lowest BCUT2D eigenvalue weighted by atomic mass is 10.2. The molecule has 0 saturated carbocycles. The average molecular weight is 261 g/mol. The van der Waals surface area contributed by atoms with Crippen LogP contribution in [0.5, 0.6) is 0 Å². The summed E-state index contributed by atoms with van der Waals surface area (Å²) < 4.78 is 11.6. The van der Waals surface area contributed by atoms with E-state index in [0.29, 0.717) is 12.4 Å². The van der Waals surface area contributed by atoms with Gasteiger partial charge in [0.1, 0.15) is 12.4 Å². The standard InChI is InChI=1S/C13H15N3O3/c14-12-6-7-16(15-12)8-13(17)19-10-18-9-11-4-2-1-3-5-11/h1-7H,8-10H2,(H2,14,15). The molecule has 1 heterocycles. The van der Waals surface area contributed by atoms with Crippen molar-refractivity contribution in [1.29, 1.82) is 0 Å². The highest BCUT2D eigenvalue weighted by molar-refractivity contribution is 5.68. The zero-order chi connectivity index (χ0) is 13.5. The van der Waals surface area contributed by atoms with Crippen molar-refractivity contribution in [2.24, 2.45) is 0 Å². The van der Waals surface area contributed by atoms with Crippen molar-refractivity contribution in [3.63, 3.8) is 0 Å². The third-order valence-corrected chi connectivity index (χ3v) is 2.37. The van der Waals surface area contributed by atoms with Crippen molar-refractivity contribution in [2.45, 2.75) is 13.2 Å². The number of aromatic nitrogens is 2. The van der Waals surface area contributed by atoms with Crippen LogP contribution in [0.15, 0.2) is 42.6 Å². The third kappa shape index (κ3) is 4.44. The van der Waals surface area contributed by atoms with E-state index >= 15 is 0 Å². The molecule has 1 aromatic heterocycles. The molecule has 0 atom stereocenters. The SMILES string of the molecule is Nc1ccn(CC(=O)OCOCc2ccccc2)n1. The van der Waals surface area contributed by atoms with Crippen LogP contribution in [0.2, 0.25) is 0 Å². The summed E-state index contributed by atoms with van der Waals surface area (Å²) in [4.78, 5) is 11.4. The Morgan fingerprint density at radius 1 is 1.26 bits per heavy atom. The Hall–Kier alpha value is -2.34. The lowest BCUT2D eigenvalue weighted by Crippen LogP contribution is -2.15. The first-order valence-corrected chi connectivity index (χ1v) is 5.80. The first-order valence-electron chi connectivity index (χ1n) is 5.80. The van der Waals surface area contributed by atoms with Crippen molar-refractivity contribution in [1.82, 2.24) is 9.78 Å². The fraction of sp³-hybridized carbons (Fsp3) is 0.231. The van der Waals surface area contributed by atoms with E-state index in [1.165, 1.54) is 4.68 Å². The highest BCUT2D eigenvalue weighted by atomic mass is 16.7. The monoisotopic (exact) mass is 261 g/mol. The first-order chi connectivity index (χ1) is 9.24. The van der Waals surface area contributed by atoms with Crippen LogP contribution in [-0.2, 0) is 27.4 Å². The number of hydrogen-bond acceptors (Lipinski definition) is 5. The molecule has 19 heavy (non-hydrogen) atoms. The van der Waals surface area contributed by atoms with E-state index < -0.39 is 5.97 Å². The van der Waals surface area contributed by atoms with Gasteiger partial charge in [-0.25, -0.2) is 4.79 Å². The van der Waals surface area contributed by atoms with Gasteiger partial charge >= 0.3 is 5.97 Å². The number of esters is 1. The molecule has 100 valence electrons. The number of carbonyl (C=O) groups excluding carboxylic acids is 1. The molecular weight excluding hydrogens is 246 g/mol. The number of nitrogens with zero attached hydrogens (tertiary/aromatic N) is 2. The molecule has 2 aromatic rings. The van der Waals surface area contributed by atoms with E-state index in [1.54, 1.807) is 12.3 Å². The van der Waals surface area contributed by atoms with E-state index in [4.69, 9.17) is 15.2 Å². The number of anilines is 1. The predicted molar refractivity (Wildman–Crippen MR) is 68.8 cm³/mol. The Morgan fingerprint density at radius 3 is 2.74 bits per heavy atom. The van der Waals surface area contributed by atoms with Gasteiger partial charge in [0, 0.05) is 6.20 Å². The van der Waals surface area contributed by atoms with Crippen LogP contribution in [0, 0.1) is 0 Å². The van der Waals surface area contributed by atoms with E-state index in [0.717, 1.165) is 5.56 Å². The normalized spacial score (nSPS) is 10.3. The van der Waals surface area contributed by atoms with Gasteiger partial charge in [-0.3, -0.25) is 4.68 Å². The van der Waals surface area contributed by atoms with Gasteiger partial charge in [0.25, 0.3) is 0 Å². The van der Waals surface area contributed by atoms with Gasteiger partial charge < -0.3 is 15.2 Å². The Kier molecular flexibility index (Phi) is 4.52. The Labute approximate surface area is 110 Å². The summed E-state index contributed by atoms with van der Waals surface area (Å²) in [5.41, 5.74) is 6.46. The molecule has 6 nitrogen and oxygen atoms in total. The maximum absolute atomic E-state index is 11.4. The number of nitrogens with two attached hydrogens (primary N) is 1. The van der Waals surface area contributed by atoms with Gasteiger partial charge in [0.2, 0.25) is 0 Å². The van der Waals surface area contributed by atoms with Crippen molar-refractivity contribution >= 4 is 11.8 Å². The number of ether oxygens (including phenoxy) is 2. The van der Waals surface area contributed by atoms with Gasteiger partial charge in [-0.1, -0.05) is 30.3 Å². The molecule has 6 heteroatoms. The molecule has 0 fully saturated rings. The van der Waals surface area contributed by atoms with Crippen molar-refractivity contribution in [2.75, 3.05) is 12.5 Å². The first kappa shape index (κ1) is 13.1. The van der Waals surface area contributed by atoms with Crippen LogP contribution in [0.4, 0.5) is 5.82 Å². The summed E-state index contributed by atoms with van der Waals surface area (Å²) in [5, 5.41) is 3.88. The minimum atomic E-state index is -0.420. The molecular formula is C13H15N3O3. The number of nitrogen functional groups attached to an aromatic ring is 1. The zero-order valence-electron chi connectivity index (χ0n) is 10.4. The fourth-order valence-corrected chi connectivity index (χ4v) is 1.48. The molecule has 0 aliphatic heterocycles. The summed E-state index contributed by atoms with van der Waals surface area (Å²) in [6.45, 7) is 0.346. The fourth-order valence-electron chi connectivity index (χ4n) is 1.48. The highest BCUT2D eigenvalue weighted by Crippen LogP contribution is 2.01. The smallest absolute Gasteiger partial charge is 0.329 e. The summed E-state index contributed by atoms with van der Waals surface area (Å²) >= 11 is 0. The summed E-state index contributed by atoms with van der Waals surface area (Å²) in [5.74, 6) is -0.0516. The number of hydrogen-bond donors (Lipinski definition) is 1. The van der Waals surface area contributed by atoms with Crippen LogP contribution in [0.1, 0.15) is 5.56 Å². The molecule has 0 aliphatic carbocycles. The van der Waals surface area contributed by atoms with Crippen LogP contribution in [0.3, 0.4) is 0 Å².